The highest BCUT2D eigenvalue weighted by Gasteiger charge is 2.12. The van der Waals surface area contributed by atoms with Crippen molar-refractivity contribution in [1.29, 1.82) is 0 Å². The average molecular weight is 219 g/mol. The first-order valence-corrected chi connectivity index (χ1v) is 4.49. The summed E-state index contributed by atoms with van der Waals surface area (Å²) >= 11 is 10.5. The van der Waals surface area contributed by atoms with E-state index in [2.05, 4.69) is 4.99 Å². The maximum Gasteiger partial charge on any atom is 0.204 e. The maximum atomic E-state index is 10.0. The number of nitrogens with zero attached hydrogens (tertiary/aromatic N) is 2. The fourth-order valence-corrected chi connectivity index (χ4v) is 1.29. The van der Waals surface area contributed by atoms with Crippen molar-refractivity contribution in [3.8, 4) is 0 Å². The van der Waals surface area contributed by atoms with Crippen LogP contribution >= 0.6 is 23.8 Å². The molecular weight excluding hydrogens is 212 g/mol. The third-order valence-electron chi connectivity index (χ3n) is 1.52. The van der Waals surface area contributed by atoms with Crippen molar-refractivity contribution in [1.82, 2.24) is 0 Å². The molecule has 0 bridgehead atoms. The summed E-state index contributed by atoms with van der Waals surface area (Å²) < 4.78 is 0. The Labute approximate surface area is 85.4 Å². The molecule has 70 valence electrons. The lowest BCUT2D eigenvalue weighted by Gasteiger charge is -1.93. The van der Waals surface area contributed by atoms with Crippen LogP contribution in [0, 0.1) is 10.1 Å². The van der Waals surface area contributed by atoms with E-state index in [0.29, 0.717) is 22.9 Å². The molecule has 4 nitrogen and oxygen atoms in total. The maximum absolute atomic E-state index is 10.0. The summed E-state index contributed by atoms with van der Waals surface area (Å²) in [7, 11) is 0. The first-order chi connectivity index (χ1) is 6.09. The molecule has 0 aliphatic carbocycles. The second-order valence-electron chi connectivity index (χ2n) is 2.56. The molecule has 0 saturated heterocycles. The van der Waals surface area contributed by atoms with Gasteiger partial charge in [-0.15, -0.1) is 0 Å². The van der Waals surface area contributed by atoms with Gasteiger partial charge in [0, 0.05) is 17.0 Å². The zero-order chi connectivity index (χ0) is 9.84. The molecule has 0 aromatic rings. The Morgan fingerprint density at radius 2 is 2.38 bits per heavy atom. The molecular formula is C7H7ClN2O2S. The Hall–Kier alpha value is -0.810. The lowest BCUT2D eigenvalue weighted by molar-refractivity contribution is -0.480. The van der Waals surface area contributed by atoms with Crippen molar-refractivity contribution in [3.63, 3.8) is 0 Å². The Bertz CT molecular complexity index is 312. The SMILES string of the molecule is O=[N+]([O-])CCCC1=CC(=S)C(Cl)=N1. The van der Waals surface area contributed by atoms with E-state index >= 15 is 0 Å². The molecule has 6 heteroatoms. The predicted molar refractivity (Wildman–Crippen MR) is 55.1 cm³/mol. The summed E-state index contributed by atoms with van der Waals surface area (Å²) in [5, 5.41) is 10.3. The number of hydrogen-bond acceptors (Lipinski definition) is 4. The van der Waals surface area contributed by atoms with Crippen molar-refractivity contribution in [2.75, 3.05) is 6.54 Å². The Morgan fingerprint density at radius 1 is 1.69 bits per heavy atom. The smallest absolute Gasteiger partial charge is 0.204 e. The number of aliphatic imine (C=N–C) groups is 1. The largest absolute Gasteiger partial charge is 0.265 e. The van der Waals surface area contributed by atoms with Gasteiger partial charge in [0.1, 0.15) is 5.17 Å². The Balaban J connectivity index is 2.36. The van der Waals surface area contributed by atoms with Gasteiger partial charge >= 0.3 is 0 Å². The van der Waals surface area contributed by atoms with Crippen LogP contribution < -0.4 is 0 Å². The Kier molecular flexibility index (Phi) is 3.50. The van der Waals surface area contributed by atoms with Gasteiger partial charge in [-0.1, -0.05) is 23.8 Å². The van der Waals surface area contributed by atoms with Crippen LogP contribution in [-0.4, -0.2) is 21.5 Å². The average Bonchev–Trinajstić information content (AvgIpc) is 2.30. The molecule has 0 fully saturated rings. The highest BCUT2D eigenvalue weighted by atomic mass is 35.5. The van der Waals surface area contributed by atoms with Crippen molar-refractivity contribution in [3.05, 3.63) is 21.9 Å². The minimum atomic E-state index is -0.348. The van der Waals surface area contributed by atoms with Gasteiger partial charge in [-0.05, 0) is 12.5 Å². The van der Waals surface area contributed by atoms with Crippen LogP contribution in [-0.2, 0) is 0 Å². The number of thiocarbonyl (C=S) groups is 1. The van der Waals surface area contributed by atoms with E-state index in [0.717, 1.165) is 5.70 Å². The fourth-order valence-electron chi connectivity index (χ4n) is 0.942. The summed E-state index contributed by atoms with van der Waals surface area (Å²) in [5.41, 5.74) is 0.733. The molecule has 0 spiro atoms. The van der Waals surface area contributed by atoms with E-state index in [1.54, 1.807) is 6.08 Å². The predicted octanol–water partition coefficient (Wildman–Crippen LogP) is 1.95. The monoisotopic (exact) mass is 218 g/mol. The second-order valence-corrected chi connectivity index (χ2v) is 3.36. The van der Waals surface area contributed by atoms with E-state index in [1.165, 1.54) is 0 Å². The summed E-state index contributed by atoms with van der Waals surface area (Å²) in [6.45, 7) is -0.0444. The van der Waals surface area contributed by atoms with Crippen molar-refractivity contribution >= 4 is 33.9 Å². The lowest BCUT2D eigenvalue weighted by Crippen LogP contribution is -1.99. The molecule has 1 rings (SSSR count). The van der Waals surface area contributed by atoms with E-state index in [1.807, 2.05) is 0 Å². The number of rotatable bonds is 4. The van der Waals surface area contributed by atoms with Crippen LogP contribution in [0.2, 0.25) is 0 Å². The molecule has 0 atom stereocenters. The van der Waals surface area contributed by atoms with E-state index in [-0.39, 0.29) is 11.5 Å². The van der Waals surface area contributed by atoms with Gasteiger partial charge in [-0.3, -0.25) is 10.1 Å². The summed E-state index contributed by atoms with van der Waals surface area (Å²) in [5.74, 6) is 0. The molecule has 1 aliphatic heterocycles. The minimum absolute atomic E-state index is 0.0444. The summed E-state index contributed by atoms with van der Waals surface area (Å²) in [4.78, 5) is 14.1. The topological polar surface area (TPSA) is 55.5 Å². The lowest BCUT2D eigenvalue weighted by atomic mass is 10.2. The molecule has 1 aliphatic rings. The van der Waals surface area contributed by atoms with Crippen LogP contribution in [0.1, 0.15) is 12.8 Å². The second kappa shape index (κ2) is 4.43. The fraction of sp³-hybridized carbons (Fsp3) is 0.429. The van der Waals surface area contributed by atoms with Gasteiger partial charge in [0.15, 0.2) is 0 Å². The van der Waals surface area contributed by atoms with Gasteiger partial charge in [0.2, 0.25) is 6.54 Å². The van der Waals surface area contributed by atoms with Crippen molar-refractivity contribution in [2.45, 2.75) is 12.8 Å². The van der Waals surface area contributed by atoms with Gasteiger partial charge in [0.05, 0.1) is 4.86 Å². The van der Waals surface area contributed by atoms with E-state index in [4.69, 9.17) is 23.8 Å². The zero-order valence-corrected chi connectivity index (χ0v) is 8.27. The molecule has 0 aromatic heterocycles. The standard InChI is InChI=1S/C7H7ClN2O2S/c8-7-6(13)4-5(9-7)2-1-3-10(11)12/h4H,1-3H2. The van der Waals surface area contributed by atoms with Crippen LogP contribution in [0.4, 0.5) is 0 Å². The molecule has 0 saturated carbocycles. The first kappa shape index (κ1) is 10.3. The highest BCUT2D eigenvalue weighted by molar-refractivity contribution is 7.83. The molecule has 0 unspecified atom stereocenters. The van der Waals surface area contributed by atoms with Crippen molar-refractivity contribution < 1.29 is 4.92 Å². The first-order valence-electron chi connectivity index (χ1n) is 3.70. The molecule has 0 radical (unpaired) electrons. The number of halogens is 1. The Morgan fingerprint density at radius 3 is 2.85 bits per heavy atom. The van der Waals surface area contributed by atoms with E-state index in [9.17, 15) is 10.1 Å². The number of allylic oxidation sites excluding steroid dienone is 2. The summed E-state index contributed by atoms with van der Waals surface area (Å²) in [6.07, 6.45) is 2.70. The van der Waals surface area contributed by atoms with Gasteiger partial charge < -0.3 is 0 Å². The molecule has 0 N–H and O–H groups in total. The third-order valence-corrected chi connectivity index (χ3v) is 2.23. The summed E-state index contributed by atoms with van der Waals surface area (Å²) in [6, 6.07) is 0. The highest BCUT2D eigenvalue weighted by Crippen LogP contribution is 2.16. The van der Waals surface area contributed by atoms with Crippen LogP contribution in [0.15, 0.2) is 16.8 Å². The minimum Gasteiger partial charge on any atom is -0.265 e. The van der Waals surface area contributed by atoms with E-state index < -0.39 is 0 Å². The number of hydrogen-bond donors (Lipinski definition) is 0. The molecule has 1 heterocycles. The van der Waals surface area contributed by atoms with Crippen molar-refractivity contribution in [2.24, 2.45) is 4.99 Å². The van der Waals surface area contributed by atoms with Crippen LogP contribution in [0.5, 0.6) is 0 Å². The number of nitro groups is 1. The molecule has 0 aromatic carbocycles. The molecule has 0 amide bonds. The van der Waals surface area contributed by atoms with Gasteiger partial charge in [-0.2, -0.15) is 0 Å². The zero-order valence-electron chi connectivity index (χ0n) is 6.70. The van der Waals surface area contributed by atoms with Crippen LogP contribution in [0.3, 0.4) is 0 Å². The van der Waals surface area contributed by atoms with Gasteiger partial charge in [0.25, 0.3) is 0 Å². The molecule has 13 heavy (non-hydrogen) atoms. The van der Waals surface area contributed by atoms with Crippen LogP contribution in [0.25, 0.3) is 0 Å². The van der Waals surface area contributed by atoms with Gasteiger partial charge in [-0.25, -0.2) is 4.99 Å². The quantitative estimate of drug-likeness (QED) is 0.412. The third kappa shape index (κ3) is 3.20. The normalized spacial score (nSPS) is 15.6.